The molecule has 33 heavy (non-hydrogen) atoms. The number of hydrogen-bond donors (Lipinski definition) is 0. The molecule has 1 aliphatic heterocycles. The number of carbonyl (C=O) groups excluding carboxylic acids is 1. The van der Waals surface area contributed by atoms with Crippen LogP contribution in [0, 0.1) is 11.3 Å². The number of nitriles is 1. The molecule has 6 heteroatoms. The highest BCUT2D eigenvalue weighted by Crippen LogP contribution is 2.28. The van der Waals surface area contributed by atoms with E-state index in [2.05, 4.69) is 39.0 Å². The summed E-state index contributed by atoms with van der Waals surface area (Å²) in [5, 5.41) is 9.64. The van der Waals surface area contributed by atoms with Gasteiger partial charge in [-0.1, -0.05) is 54.6 Å². The molecule has 166 valence electrons. The maximum absolute atomic E-state index is 13.0. The fraction of sp³-hybridized carbons (Fsp3) is 0.185. The third-order valence-electron chi connectivity index (χ3n) is 5.54. The third kappa shape index (κ3) is 5.82. The van der Waals surface area contributed by atoms with Gasteiger partial charge in [0.25, 0.3) is 5.91 Å². The molecular formula is C27H24BrN3O2. The number of ether oxygens (including phenoxy) is 1. The summed E-state index contributed by atoms with van der Waals surface area (Å²) >= 11 is 3.54. The molecule has 5 nitrogen and oxygen atoms in total. The number of hydrogen-bond acceptors (Lipinski definition) is 4. The molecule has 0 spiro atoms. The highest BCUT2D eigenvalue weighted by molar-refractivity contribution is 9.10. The SMILES string of the molecule is N#C/C(=C/c1ccc(OCc2ccccc2)c(Br)c1)C(=O)N1CCN(c2ccccc2)CC1. The fourth-order valence-electron chi connectivity index (χ4n) is 3.74. The molecule has 0 aliphatic carbocycles. The largest absolute Gasteiger partial charge is 0.488 e. The summed E-state index contributed by atoms with van der Waals surface area (Å²) < 4.78 is 6.66. The summed E-state index contributed by atoms with van der Waals surface area (Å²) in [6.07, 6.45) is 1.64. The number of para-hydroxylation sites is 1. The Bertz CT molecular complexity index is 1160. The normalized spacial score (nSPS) is 14.0. The Morgan fingerprint density at radius 2 is 1.64 bits per heavy atom. The van der Waals surface area contributed by atoms with Crippen molar-refractivity contribution in [1.29, 1.82) is 5.26 Å². The quantitative estimate of drug-likeness (QED) is 0.340. The van der Waals surface area contributed by atoms with Crippen LogP contribution in [0.3, 0.4) is 0 Å². The van der Waals surface area contributed by atoms with Crippen LogP contribution in [-0.2, 0) is 11.4 Å². The maximum Gasteiger partial charge on any atom is 0.264 e. The van der Waals surface area contributed by atoms with Crippen molar-refractivity contribution in [3.05, 3.63) is 100 Å². The van der Waals surface area contributed by atoms with E-state index in [0.717, 1.165) is 34.4 Å². The molecule has 0 N–H and O–H groups in total. The smallest absolute Gasteiger partial charge is 0.264 e. The number of anilines is 1. The van der Waals surface area contributed by atoms with Crippen molar-refractivity contribution in [1.82, 2.24) is 4.90 Å². The standard InChI is InChI=1S/C27H24BrN3O2/c28-25-18-22(11-12-26(25)33-20-21-7-3-1-4-8-21)17-23(19-29)27(32)31-15-13-30(14-16-31)24-9-5-2-6-10-24/h1-12,17-18H,13-16,20H2/b23-17-. The van der Waals surface area contributed by atoms with Gasteiger partial charge in [0.2, 0.25) is 0 Å². The Kier molecular flexibility index (Phi) is 7.43. The van der Waals surface area contributed by atoms with Gasteiger partial charge in [0.15, 0.2) is 0 Å². The van der Waals surface area contributed by atoms with Gasteiger partial charge in [-0.2, -0.15) is 5.26 Å². The van der Waals surface area contributed by atoms with Gasteiger partial charge < -0.3 is 14.5 Å². The minimum Gasteiger partial charge on any atom is -0.488 e. The number of halogens is 1. The third-order valence-corrected chi connectivity index (χ3v) is 6.16. The second-order valence-electron chi connectivity index (χ2n) is 7.75. The molecule has 1 saturated heterocycles. The van der Waals surface area contributed by atoms with Crippen molar-refractivity contribution in [3.63, 3.8) is 0 Å². The summed E-state index contributed by atoms with van der Waals surface area (Å²) in [4.78, 5) is 17.0. The van der Waals surface area contributed by atoms with Crippen molar-refractivity contribution in [2.75, 3.05) is 31.1 Å². The van der Waals surface area contributed by atoms with Crippen LogP contribution >= 0.6 is 15.9 Å². The van der Waals surface area contributed by atoms with Crippen LogP contribution in [-0.4, -0.2) is 37.0 Å². The van der Waals surface area contributed by atoms with E-state index < -0.39 is 0 Å². The van der Waals surface area contributed by atoms with Gasteiger partial charge in [0, 0.05) is 31.9 Å². The summed E-state index contributed by atoms with van der Waals surface area (Å²) in [7, 11) is 0. The second kappa shape index (κ2) is 10.8. The Hall–Kier alpha value is -3.56. The minimum absolute atomic E-state index is 0.132. The van der Waals surface area contributed by atoms with E-state index >= 15 is 0 Å². The molecule has 0 aromatic heterocycles. The highest BCUT2D eigenvalue weighted by atomic mass is 79.9. The lowest BCUT2D eigenvalue weighted by Crippen LogP contribution is -2.49. The van der Waals surface area contributed by atoms with Gasteiger partial charge in [-0.05, 0) is 57.4 Å². The fourth-order valence-corrected chi connectivity index (χ4v) is 4.26. The Labute approximate surface area is 202 Å². The molecule has 1 amide bonds. The lowest BCUT2D eigenvalue weighted by Gasteiger charge is -2.36. The lowest BCUT2D eigenvalue weighted by molar-refractivity contribution is -0.126. The Morgan fingerprint density at radius 1 is 0.970 bits per heavy atom. The molecular weight excluding hydrogens is 478 g/mol. The van der Waals surface area contributed by atoms with E-state index in [-0.39, 0.29) is 11.5 Å². The number of carbonyl (C=O) groups is 1. The van der Waals surface area contributed by atoms with Crippen molar-refractivity contribution < 1.29 is 9.53 Å². The number of amides is 1. The monoisotopic (exact) mass is 501 g/mol. The average Bonchev–Trinajstić information content (AvgIpc) is 2.87. The first kappa shape index (κ1) is 22.6. The first-order chi connectivity index (χ1) is 16.1. The van der Waals surface area contributed by atoms with Crippen molar-refractivity contribution >= 4 is 33.6 Å². The van der Waals surface area contributed by atoms with Gasteiger partial charge in [-0.15, -0.1) is 0 Å². The van der Waals surface area contributed by atoms with E-state index in [1.807, 2.05) is 66.7 Å². The van der Waals surface area contributed by atoms with Gasteiger partial charge in [0.05, 0.1) is 4.47 Å². The minimum atomic E-state index is -0.231. The number of benzene rings is 3. The molecule has 1 fully saturated rings. The zero-order chi connectivity index (χ0) is 23.0. The summed E-state index contributed by atoms with van der Waals surface area (Å²) in [5.41, 5.74) is 3.13. The molecule has 1 aliphatic rings. The first-order valence-electron chi connectivity index (χ1n) is 10.8. The van der Waals surface area contributed by atoms with Crippen LogP contribution in [0.5, 0.6) is 5.75 Å². The van der Waals surface area contributed by atoms with Crippen molar-refractivity contribution in [3.8, 4) is 11.8 Å². The topological polar surface area (TPSA) is 56.6 Å². The van der Waals surface area contributed by atoms with E-state index in [1.165, 1.54) is 0 Å². The second-order valence-corrected chi connectivity index (χ2v) is 8.60. The molecule has 0 atom stereocenters. The molecule has 0 saturated carbocycles. The predicted octanol–water partition coefficient (Wildman–Crippen LogP) is 5.28. The molecule has 0 unspecified atom stereocenters. The van der Waals surface area contributed by atoms with Crippen LogP contribution in [0.1, 0.15) is 11.1 Å². The maximum atomic E-state index is 13.0. The zero-order valence-corrected chi connectivity index (χ0v) is 19.7. The predicted molar refractivity (Wildman–Crippen MR) is 134 cm³/mol. The van der Waals surface area contributed by atoms with E-state index in [4.69, 9.17) is 4.74 Å². The molecule has 3 aromatic rings. The highest BCUT2D eigenvalue weighted by Gasteiger charge is 2.23. The van der Waals surface area contributed by atoms with Gasteiger partial charge in [0.1, 0.15) is 24.0 Å². The number of rotatable bonds is 6. The Morgan fingerprint density at radius 3 is 2.27 bits per heavy atom. The number of piperazine rings is 1. The lowest BCUT2D eigenvalue weighted by atomic mass is 10.1. The van der Waals surface area contributed by atoms with E-state index in [1.54, 1.807) is 11.0 Å². The Balaban J connectivity index is 1.39. The summed E-state index contributed by atoms with van der Waals surface area (Å²) in [5.74, 6) is 0.476. The molecule has 1 heterocycles. The number of nitrogens with zero attached hydrogens (tertiary/aromatic N) is 3. The van der Waals surface area contributed by atoms with Crippen LogP contribution in [0.2, 0.25) is 0 Å². The molecule has 3 aromatic carbocycles. The first-order valence-corrected chi connectivity index (χ1v) is 11.6. The molecule has 4 rings (SSSR count). The molecule has 0 radical (unpaired) electrons. The van der Waals surface area contributed by atoms with Crippen LogP contribution in [0.15, 0.2) is 88.9 Å². The van der Waals surface area contributed by atoms with Crippen LogP contribution in [0.25, 0.3) is 6.08 Å². The van der Waals surface area contributed by atoms with E-state index in [9.17, 15) is 10.1 Å². The average molecular weight is 502 g/mol. The summed E-state index contributed by atoms with van der Waals surface area (Å²) in [6.45, 7) is 3.12. The van der Waals surface area contributed by atoms with Crippen molar-refractivity contribution in [2.24, 2.45) is 0 Å². The van der Waals surface area contributed by atoms with E-state index in [0.29, 0.717) is 25.4 Å². The summed E-state index contributed by atoms with van der Waals surface area (Å²) in [6, 6.07) is 27.7. The van der Waals surface area contributed by atoms with Gasteiger partial charge >= 0.3 is 0 Å². The van der Waals surface area contributed by atoms with Crippen LogP contribution < -0.4 is 9.64 Å². The molecule has 0 bridgehead atoms. The zero-order valence-electron chi connectivity index (χ0n) is 18.2. The van der Waals surface area contributed by atoms with Crippen LogP contribution in [0.4, 0.5) is 5.69 Å². The van der Waals surface area contributed by atoms with Gasteiger partial charge in [-0.25, -0.2) is 0 Å². The van der Waals surface area contributed by atoms with Crippen molar-refractivity contribution in [2.45, 2.75) is 6.61 Å². The van der Waals surface area contributed by atoms with Gasteiger partial charge in [-0.3, -0.25) is 4.79 Å².